The molecule has 1 saturated heterocycles. The van der Waals surface area contributed by atoms with Gasteiger partial charge in [0.15, 0.2) is 5.78 Å². The number of rotatable bonds is 2. The van der Waals surface area contributed by atoms with Gasteiger partial charge in [0.2, 0.25) is 0 Å². The van der Waals surface area contributed by atoms with Gasteiger partial charge in [-0.2, -0.15) is 0 Å². The molecule has 1 aliphatic heterocycles. The number of thioether (sulfide) groups is 1. The molecule has 1 N–H and O–H groups in total. The third-order valence-electron chi connectivity index (χ3n) is 6.50. The molecular formula is C23H18N2O2S. The van der Waals surface area contributed by atoms with Gasteiger partial charge in [0.1, 0.15) is 5.69 Å². The van der Waals surface area contributed by atoms with Crippen molar-refractivity contribution >= 4 is 34.4 Å². The Bertz CT molecular complexity index is 1220. The average Bonchev–Trinajstić information content (AvgIpc) is 3.12. The summed E-state index contributed by atoms with van der Waals surface area (Å²) < 4.78 is 0. The summed E-state index contributed by atoms with van der Waals surface area (Å²) >= 11 is 1.68. The van der Waals surface area contributed by atoms with Crippen molar-refractivity contribution in [2.24, 2.45) is 5.92 Å². The van der Waals surface area contributed by atoms with Crippen LogP contribution in [0.4, 0.5) is 0 Å². The number of H-pyrrole nitrogens is 1. The second-order valence-electron chi connectivity index (χ2n) is 7.86. The molecule has 6 rings (SSSR count). The molecule has 2 aromatic carbocycles. The highest BCUT2D eigenvalue weighted by Gasteiger charge is 2.67. The standard InChI is InChI=1S/C23H18N2O2S/c1-28-15-6-7-18-13(8-15)9-19(24-18)22(27)25-12-14-11-23(14)17-5-3-2-4-16(17)20(26)10-21(23)25/h2-10,14,24H,11-12H2,1H3/t14-,23?/m1/s1. The first kappa shape index (κ1) is 16.2. The number of nitrogens with zero attached hydrogens (tertiary/aromatic N) is 1. The minimum absolute atomic E-state index is 0.00262. The van der Waals surface area contributed by atoms with Gasteiger partial charge in [0.25, 0.3) is 5.91 Å². The Morgan fingerprint density at radius 2 is 2.07 bits per heavy atom. The van der Waals surface area contributed by atoms with Crippen LogP contribution in [0.3, 0.4) is 0 Å². The predicted molar refractivity (Wildman–Crippen MR) is 110 cm³/mol. The van der Waals surface area contributed by atoms with E-state index in [1.165, 1.54) is 4.90 Å². The number of hydrogen-bond donors (Lipinski definition) is 1. The number of benzene rings is 2. The lowest BCUT2D eigenvalue weighted by Crippen LogP contribution is -2.33. The molecule has 1 aromatic heterocycles. The summed E-state index contributed by atoms with van der Waals surface area (Å²) in [5.74, 6) is 0.360. The van der Waals surface area contributed by atoms with Crippen molar-refractivity contribution in [2.75, 3.05) is 12.8 Å². The van der Waals surface area contributed by atoms with Crippen molar-refractivity contribution in [3.05, 3.63) is 77.1 Å². The fourth-order valence-corrected chi connectivity index (χ4v) is 5.53. The van der Waals surface area contributed by atoms with E-state index in [0.29, 0.717) is 18.2 Å². The summed E-state index contributed by atoms with van der Waals surface area (Å²) in [5, 5.41) is 1.04. The van der Waals surface area contributed by atoms with Gasteiger partial charge in [0, 0.05) is 45.1 Å². The number of aromatic nitrogens is 1. The minimum Gasteiger partial charge on any atom is -0.351 e. The fraction of sp³-hybridized carbons (Fsp3) is 0.217. The van der Waals surface area contributed by atoms with Crippen LogP contribution >= 0.6 is 11.8 Å². The van der Waals surface area contributed by atoms with Gasteiger partial charge in [0.05, 0.1) is 0 Å². The van der Waals surface area contributed by atoms with Gasteiger partial charge < -0.3 is 9.88 Å². The first-order chi connectivity index (χ1) is 13.6. The van der Waals surface area contributed by atoms with E-state index in [0.717, 1.165) is 34.1 Å². The number of carbonyl (C=O) groups is 2. The van der Waals surface area contributed by atoms with Gasteiger partial charge >= 0.3 is 0 Å². The van der Waals surface area contributed by atoms with Crippen molar-refractivity contribution in [1.82, 2.24) is 9.88 Å². The van der Waals surface area contributed by atoms with Gasteiger partial charge in [-0.1, -0.05) is 24.3 Å². The summed E-state index contributed by atoms with van der Waals surface area (Å²) in [6.45, 7) is 0.678. The summed E-state index contributed by atoms with van der Waals surface area (Å²) in [6, 6.07) is 15.9. The zero-order valence-electron chi connectivity index (χ0n) is 15.4. The van der Waals surface area contributed by atoms with Crippen molar-refractivity contribution in [1.29, 1.82) is 0 Å². The second-order valence-corrected chi connectivity index (χ2v) is 8.74. The van der Waals surface area contributed by atoms with Crippen molar-refractivity contribution in [3.8, 4) is 0 Å². The lowest BCUT2D eigenvalue weighted by Gasteiger charge is -2.29. The number of nitrogens with one attached hydrogen (secondary N) is 1. The maximum absolute atomic E-state index is 13.3. The molecule has 138 valence electrons. The number of carbonyl (C=O) groups excluding carboxylic acids is 2. The molecule has 1 saturated carbocycles. The Kier molecular flexibility index (Phi) is 3.11. The van der Waals surface area contributed by atoms with Crippen LogP contribution in [-0.4, -0.2) is 34.4 Å². The van der Waals surface area contributed by atoms with Crippen LogP contribution in [0.15, 0.2) is 65.2 Å². The second kappa shape index (κ2) is 5.39. The van der Waals surface area contributed by atoms with Crippen molar-refractivity contribution in [2.45, 2.75) is 16.7 Å². The Morgan fingerprint density at radius 1 is 1.21 bits per heavy atom. The average molecular weight is 386 g/mol. The smallest absolute Gasteiger partial charge is 0.274 e. The Hall–Kier alpha value is -2.79. The maximum atomic E-state index is 13.3. The predicted octanol–water partition coefficient (Wildman–Crippen LogP) is 4.38. The maximum Gasteiger partial charge on any atom is 0.274 e. The number of aromatic amines is 1. The van der Waals surface area contributed by atoms with Crippen LogP contribution < -0.4 is 0 Å². The van der Waals surface area contributed by atoms with Gasteiger partial charge in [-0.15, -0.1) is 11.8 Å². The normalized spacial score (nSPS) is 24.6. The Morgan fingerprint density at radius 3 is 2.93 bits per heavy atom. The fourth-order valence-electron chi connectivity index (χ4n) is 5.08. The zero-order valence-corrected chi connectivity index (χ0v) is 16.2. The molecule has 28 heavy (non-hydrogen) atoms. The van der Waals surface area contributed by atoms with Gasteiger partial charge in [-0.3, -0.25) is 9.59 Å². The Balaban J connectivity index is 1.41. The molecule has 2 fully saturated rings. The minimum atomic E-state index is -0.141. The molecule has 2 aliphatic carbocycles. The lowest BCUT2D eigenvalue weighted by molar-refractivity contribution is 0.0806. The Labute approximate surface area is 166 Å². The number of piperidine rings is 1. The zero-order chi connectivity index (χ0) is 19.0. The SMILES string of the molecule is CSc1ccc2[nH]c(C(=O)N3C[C@H]4CC45C3=CC(=O)c3ccccc35)cc2c1. The summed E-state index contributed by atoms with van der Waals surface area (Å²) in [4.78, 5) is 32.3. The molecule has 1 spiro atoms. The monoisotopic (exact) mass is 386 g/mol. The third-order valence-corrected chi connectivity index (χ3v) is 7.23. The van der Waals surface area contributed by atoms with E-state index in [4.69, 9.17) is 0 Å². The number of fused-ring (bicyclic) bond motifs is 2. The van der Waals surface area contributed by atoms with E-state index in [1.807, 2.05) is 41.5 Å². The van der Waals surface area contributed by atoms with Crippen LogP contribution in [-0.2, 0) is 5.41 Å². The van der Waals surface area contributed by atoms with Gasteiger partial charge in [-0.05, 0) is 48.4 Å². The summed E-state index contributed by atoms with van der Waals surface area (Å²) in [7, 11) is 0. The largest absolute Gasteiger partial charge is 0.351 e. The van der Waals surface area contributed by atoms with E-state index in [2.05, 4.69) is 23.2 Å². The molecule has 0 bridgehead atoms. The number of likely N-dealkylation sites (tertiary alicyclic amines) is 1. The third kappa shape index (κ3) is 1.97. The number of amides is 1. The molecule has 3 aromatic rings. The number of hydrogen-bond acceptors (Lipinski definition) is 3. The van der Waals surface area contributed by atoms with E-state index in [1.54, 1.807) is 17.8 Å². The van der Waals surface area contributed by atoms with E-state index in [-0.39, 0.29) is 17.1 Å². The highest BCUT2D eigenvalue weighted by atomic mass is 32.2. The summed E-state index contributed by atoms with van der Waals surface area (Å²) in [5.41, 5.74) is 4.17. The molecule has 0 radical (unpaired) electrons. The van der Waals surface area contributed by atoms with Crippen molar-refractivity contribution < 1.29 is 9.59 Å². The quantitative estimate of drug-likeness (QED) is 0.665. The van der Waals surface area contributed by atoms with E-state index < -0.39 is 0 Å². The topological polar surface area (TPSA) is 53.2 Å². The molecular weight excluding hydrogens is 368 g/mol. The lowest BCUT2D eigenvalue weighted by atomic mass is 9.81. The van der Waals surface area contributed by atoms with Crippen LogP contribution in [0.5, 0.6) is 0 Å². The molecule has 1 amide bonds. The molecule has 1 unspecified atom stereocenters. The highest BCUT2D eigenvalue weighted by Crippen LogP contribution is 2.66. The van der Waals surface area contributed by atoms with Crippen LogP contribution in [0.25, 0.3) is 10.9 Å². The molecule has 2 heterocycles. The molecule has 3 aliphatic rings. The number of allylic oxidation sites excluding steroid dienone is 2. The molecule has 5 heteroatoms. The van der Waals surface area contributed by atoms with E-state index >= 15 is 0 Å². The first-order valence-corrected chi connectivity index (χ1v) is 10.7. The highest BCUT2D eigenvalue weighted by molar-refractivity contribution is 7.98. The number of ketones is 1. The molecule has 4 nitrogen and oxygen atoms in total. The van der Waals surface area contributed by atoms with Crippen LogP contribution in [0, 0.1) is 5.92 Å². The van der Waals surface area contributed by atoms with E-state index in [9.17, 15) is 9.59 Å². The van der Waals surface area contributed by atoms with Gasteiger partial charge in [-0.25, -0.2) is 0 Å². The first-order valence-electron chi connectivity index (χ1n) is 9.46. The van der Waals surface area contributed by atoms with Crippen LogP contribution in [0.2, 0.25) is 0 Å². The summed E-state index contributed by atoms with van der Waals surface area (Å²) in [6.07, 6.45) is 4.76. The molecule has 2 atom stereocenters. The van der Waals surface area contributed by atoms with Crippen molar-refractivity contribution in [3.63, 3.8) is 0 Å². The van der Waals surface area contributed by atoms with Crippen LogP contribution in [0.1, 0.15) is 32.8 Å².